The number of nitrogens with one attached hydrogen (secondary N) is 1. The molecule has 0 bridgehead atoms. The van der Waals surface area contributed by atoms with E-state index in [2.05, 4.69) is 56.8 Å². The summed E-state index contributed by atoms with van der Waals surface area (Å²) >= 11 is 0. The number of hydrogen-bond acceptors (Lipinski definition) is 6. The summed E-state index contributed by atoms with van der Waals surface area (Å²) in [6, 6.07) is 18.9. The molecule has 3 aromatic rings. The molecular formula is C22H29N6O2+. The highest BCUT2D eigenvalue weighted by Gasteiger charge is 2.34. The predicted molar refractivity (Wildman–Crippen MR) is 114 cm³/mol. The SMILES string of the molecule is COCCn1nnnc1[C@H](c1ccccc1)[NH+]1CCN(c2ccc(OC)cc2)CC1. The maximum Gasteiger partial charge on any atom is 0.214 e. The summed E-state index contributed by atoms with van der Waals surface area (Å²) in [5, 5.41) is 12.6. The van der Waals surface area contributed by atoms with Gasteiger partial charge < -0.3 is 19.3 Å². The number of tetrazole rings is 1. The van der Waals surface area contributed by atoms with Gasteiger partial charge in [-0.25, -0.2) is 4.68 Å². The van der Waals surface area contributed by atoms with E-state index >= 15 is 0 Å². The van der Waals surface area contributed by atoms with Gasteiger partial charge in [-0.1, -0.05) is 30.3 Å². The van der Waals surface area contributed by atoms with Gasteiger partial charge in [0.05, 0.1) is 46.4 Å². The van der Waals surface area contributed by atoms with E-state index in [-0.39, 0.29) is 6.04 Å². The minimum atomic E-state index is 0.0936. The molecule has 1 aliphatic rings. The highest BCUT2D eigenvalue weighted by molar-refractivity contribution is 5.49. The van der Waals surface area contributed by atoms with Crippen LogP contribution in [0.1, 0.15) is 17.4 Å². The van der Waals surface area contributed by atoms with E-state index in [9.17, 15) is 0 Å². The van der Waals surface area contributed by atoms with Gasteiger partial charge in [0.1, 0.15) is 5.75 Å². The Morgan fingerprint density at radius 3 is 2.40 bits per heavy atom. The molecule has 158 valence electrons. The lowest BCUT2D eigenvalue weighted by atomic mass is 10.0. The largest absolute Gasteiger partial charge is 0.497 e. The number of methoxy groups -OCH3 is 2. The van der Waals surface area contributed by atoms with Crippen LogP contribution in [-0.2, 0) is 11.3 Å². The predicted octanol–water partition coefficient (Wildman–Crippen LogP) is 0.823. The summed E-state index contributed by atoms with van der Waals surface area (Å²) in [6.45, 7) is 5.19. The van der Waals surface area contributed by atoms with Gasteiger partial charge in [-0.05, 0) is 34.7 Å². The molecule has 2 heterocycles. The second-order valence-corrected chi connectivity index (χ2v) is 7.44. The van der Waals surface area contributed by atoms with Crippen LogP contribution in [0.5, 0.6) is 5.75 Å². The van der Waals surface area contributed by atoms with Gasteiger partial charge in [0.15, 0.2) is 6.04 Å². The standard InChI is InChI=1S/C22H28N6O2/c1-29-17-16-28-22(23-24-25-28)21(18-6-4-3-5-7-18)27-14-12-26(13-15-27)19-8-10-20(30-2)11-9-19/h3-11,21H,12-17H2,1-2H3/p+1/t21-/m0/s1. The van der Waals surface area contributed by atoms with Crippen molar-refractivity contribution in [1.82, 2.24) is 20.2 Å². The number of hydrogen-bond donors (Lipinski definition) is 1. The number of aromatic nitrogens is 4. The Balaban J connectivity index is 1.53. The number of piperazine rings is 1. The van der Waals surface area contributed by atoms with Crippen molar-refractivity contribution in [2.75, 3.05) is 51.9 Å². The summed E-state index contributed by atoms with van der Waals surface area (Å²) in [6.07, 6.45) is 0. The van der Waals surface area contributed by atoms with Gasteiger partial charge in [0.25, 0.3) is 0 Å². The van der Waals surface area contributed by atoms with Crippen LogP contribution in [0.15, 0.2) is 54.6 Å². The highest BCUT2D eigenvalue weighted by Crippen LogP contribution is 2.21. The first-order chi connectivity index (χ1) is 14.8. The molecular weight excluding hydrogens is 380 g/mol. The van der Waals surface area contributed by atoms with E-state index < -0.39 is 0 Å². The van der Waals surface area contributed by atoms with Gasteiger partial charge in [0.2, 0.25) is 5.82 Å². The van der Waals surface area contributed by atoms with Crippen LogP contribution in [0.25, 0.3) is 0 Å². The van der Waals surface area contributed by atoms with Gasteiger partial charge in [-0.3, -0.25) is 0 Å². The maximum atomic E-state index is 5.28. The van der Waals surface area contributed by atoms with E-state index in [1.807, 2.05) is 22.9 Å². The Labute approximate surface area is 177 Å². The van der Waals surface area contributed by atoms with Crippen molar-refractivity contribution in [2.24, 2.45) is 0 Å². The van der Waals surface area contributed by atoms with Crippen molar-refractivity contribution >= 4 is 5.69 Å². The maximum absolute atomic E-state index is 5.28. The van der Waals surface area contributed by atoms with Crippen LogP contribution in [0.2, 0.25) is 0 Å². The smallest absolute Gasteiger partial charge is 0.214 e. The van der Waals surface area contributed by atoms with Gasteiger partial charge in [-0.15, -0.1) is 5.10 Å². The topological polar surface area (TPSA) is 69.7 Å². The number of benzene rings is 2. The number of anilines is 1. The Morgan fingerprint density at radius 1 is 1.00 bits per heavy atom. The number of quaternary nitrogens is 1. The zero-order chi connectivity index (χ0) is 20.8. The molecule has 8 nitrogen and oxygen atoms in total. The van der Waals surface area contributed by atoms with Crippen LogP contribution in [0.3, 0.4) is 0 Å². The van der Waals surface area contributed by atoms with Crippen molar-refractivity contribution in [2.45, 2.75) is 12.6 Å². The van der Waals surface area contributed by atoms with Crippen LogP contribution in [-0.4, -0.2) is 67.2 Å². The van der Waals surface area contributed by atoms with E-state index in [4.69, 9.17) is 9.47 Å². The molecule has 0 amide bonds. The number of ether oxygens (including phenoxy) is 2. The molecule has 1 atom stereocenters. The van der Waals surface area contributed by atoms with E-state index in [0.717, 1.165) is 37.8 Å². The zero-order valence-corrected chi connectivity index (χ0v) is 17.6. The molecule has 0 radical (unpaired) electrons. The van der Waals surface area contributed by atoms with Crippen molar-refractivity contribution in [3.05, 3.63) is 66.0 Å². The highest BCUT2D eigenvalue weighted by atomic mass is 16.5. The minimum absolute atomic E-state index is 0.0936. The molecule has 8 heteroatoms. The lowest BCUT2D eigenvalue weighted by Crippen LogP contribution is -3.15. The molecule has 1 aliphatic heterocycles. The average molecular weight is 410 g/mol. The third kappa shape index (κ3) is 4.44. The van der Waals surface area contributed by atoms with Gasteiger partial charge in [0, 0.05) is 18.4 Å². The molecule has 30 heavy (non-hydrogen) atoms. The second kappa shape index (κ2) is 9.69. The Morgan fingerprint density at radius 2 is 1.73 bits per heavy atom. The minimum Gasteiger partial charge on any atom is -0.497 e. The van der Waals surface area contributed by atoms with Crippen LogP contribution in [0, 0.1) is 0 Å². The third-order valence-electron chi connectivity index (χ3n) is 5.71. The molecule has 0 aliphatic carbocycles. The third-order valence-corrected chi connectivity index (χ3v) is 5.71. The molecule has 0 unspecified atom stereocenters. The lowest BCUT2D eigenvalue weighted by Gasteiger charge is -2.37. The molecule has 1 saturated heterocycles. The average Bonchev–Trinajstić information content (AvgIpc) is 3.27. The first-order valence-electron chi connectivity index (χ1n) is 10.3. The molecule has 1 fully saturated rings. The Hall–Kier alpha value is -2.97. The lowest BCUT2D eigenvalue weighted by molar-refractivity contribution is -0.927. The van der Waals surface area contributed by atoms with Crippen LogP contribution >= 0.6 is 0 Å². The second-order valence-electron chi connectivity index (χ2n) is 7.44. The number of rotatable bonds is 8. The molecule has 4 rings (SSSR count). The fraction of sp³-hybridized carbons (Fsp3) is 0.409. The first kappa shape index (κ1) is 20.3. The van der Waals surface area contributed by atoms with Crippen LogP contribution < -0.4 is 14.5 Å². The van der Waals surface area contributed by atoms with Crippen molar-refractivity contribution in [1.29, 1.82) is 0 Å². The van der Waals surface area contributed by atoms with Gasteiger partial charge in [-0.2, -0.15) is 0 Å². The van der Waals surface area contributed by atoms with Crippen molar-refractivity contribution < 1.29 is 14.4 Å². The number of nitrogens with zero attached hydrogens (tertiary/aromatic N) is 5. The molecule has 1 aromatic heterocycles. The quantitative estimate of drug-likeness (QED) is 0.594. The zero-order valence-electron chi connectivity index (χ0n) is 17.6. The molecule has 0 saturated carbocycles. The van der Waals surface area contributed by atoms with E-state index in [1.54, 1.807) is 14.2 Å². The van der Waals surface area contributed by atoms with Crippen LogP contribution in [0.4, 0.5) is 5.69 Å². The summed E-state index contributed by atoms with van der Waals surface area (Å²) in [5.74, 6) is 1.78. The molecule has 1 N–H and O–H groups in total. The first-order valence-corrected chi connectivity index (χ1v) is 10.3. The summed E-state index contributed by atoms with van der Waals surface area (Å²) in [5.41, 5.74) is 2.47. The normalized spacial score (nSPS) is 15.9. The van der Waals surface area contributed by atoms with E-state index in [0.29, 0.717) is 13.2 Å². The fourth-order valence-electron chi connectivity index (χ4n) is 4.10. The molecule has 2 aromatic carbocycles. The Bertz CT molecular complexity index is 907. The fourth-order valence-corrected chi connectivity index (χ4v) is 4.10. The van der Waals surface area contributed by atoms with E-state index in [1.165, 1.54) is 16.2 Å². The van der Waals surface area contributed by atoms with Crippen molar-refractivity contribution in [3.63, 3.8) is 0 Å². The Kier molecular flexibility index (Phi) is 6.56. The van der Waals surface area contributed by atoms with Gasteiger partial charge >= 0.3 is 0 Å². The monoisotopic (exact) mass is 409 g/mol. The summed E-state index contributed by atoms with van der Waals surface area (Å²) < 4.78 is 12.4. The van der Waals surface area contributed by atoms with Crippen molar-refractivity contribution in [3.8, 4) is 5.75 Å². The summed E-state index contributed by atoms with van der Waals surface area (Å²) in [7, 11) is 3.39. The summed E-state index contributed by atoms with van der Waals surface area (Å²) in [4.78, 5) is 3.90. The molecule has 0 spiro atoms.